The van der Waals surface area contributed by atoms with Crippen LogP contribution in [-0.2, 0) is 19.5 Å². The number of Topliss-reactive ketones (excluding diaryl/α,β-unsaturated/α-hetero) is 1. The molecule has 1 unspecified atom stereocenters. The number of hydrogen-bond acceptors (Lipinski definition) is 8. The Morgan fingerprint density at radius 2 is 1.51 bits per heavy atom. The molecule has 1 aliphatic heterocycles. The zero-order valence-corrected chi connectivity index (χ0v) is 21.3. The number of sulfonamides is 1. The van der Waals surface area contributed by atoms with Gasteiger partial charge in [0.05, 0.1) is 32.3 Å². The van der Waals surface area contributed by atoms with Crippen molar-refractivity contribution < 1.29 is 37.0 Å². The van der Waals surface area contributed by atoms with Gasteiger partial charge in [0.2, 0.25) is 15.8 Å². The molecule has 1 aliphatic rings. The molecule has 194 valence electrons. The summed E-state index contributed by atoms with van der Waals surface area (Å²) in [6.07, 6.45) is -1.27. The minimum absolute atomic E-state index is 0.00704. The van der Waals surface area contributed by atoms with E-state index in [1.807, 2.05) is 0 Å². The molecule has 0 aliphatic carbocycles. The van der Waals surface area contributed by atoms with Crippen molar-refractivity contribution >= 4 is 21.8 Å². The Kier molecular flexibility index (Phi) is 8.22. The fraction of sp³-hybridized carbons (Fsp3) is 0.259. The first kappa shape index (κ1) is 26.3. The van der Waals surface area contributed by atoms with E-state index in [1.54, 1.807) is 60.7 Å². The van der Waals surface area contributed by atoms with Gasteiger partial charge >= 0.3 is 5.97 Å². The molecule has 3 aromatic carbocycles. The second-order valence-corrected chi connectivity index (χ2v) is 10.1. The number of morpholine rings is 1. The van der Waals surface area contributed by atoms with Crippen molar-refractivity contribution in [3.8, 4) is 11.5 Å². The Hall–Kier alpha value is -3.73. The van der Waals surface area contributed by atoms with Crippen LogP contribution >= 0.6 is 0 Å². The molecule has 3 aromatic rings. The van der Waals surface area contributed by atoms with E-state index in [9.17, 15) is 18.0 Å². The zero-order chi connectivity index (χ0) is 26.4. The number of carbonyl (C=O) groups excluding carboxylic acids is 2. The SMILES string of the molecule is COc1cc(S(=O)(=O)N2CCOCC2)cc(C(=O)OC(C(=O)c2ccccc2)c2ccccc2)c1OC. The molecule has 4 rings (SSSR count). The molecule has 0 aromatic heterocycles. The Labute approximate surface area is 215 Å². The number of hydrogen-bond donors (Lipinski definition) is 0. The average molecular weight is 526 g/mol. The van der Waals surface area contributed by atoms with E-state index in [4.69, 9.17) is 18.9 Å². The number of nitrogens with zero attached hydrogens (tertiary/aromatic N) is 1. The normalized spacial score (nSPS) is 15.0. The van der Waals surface area contributed by atoms with Gasteiger partial charge in [0.1, 0.15) is 5.56 Å². The zero-order valence-electron chi connectivity index (χ0n) is 20.5. The van der Waals surface area contributed by atoms with E-state index < -0.39 is 27.9 Å². The van der Waals surface area contributed by atoms with E-state index in [2.05, 4.69) is 0 Å². The summed E-state index contributed by atoms with van der Waals surface area (Å²) < 4.78 is 49.7. The predicted molar refractivity (Wildman–Crippen MR) is 134 cm³/mol. The van der Waals surface area contributed by atoms with Gasteiger partial charge in [0, 0.05) is 30.3 Å². The molecule has 0 radical (unpaired) electrons. The van der Waals surface area contributed by atoms with Crippen LogP contribution in [0, 0.1) is 0 Å². The molecule has 37 heavy (non-hydrogen) atoms. The lowest BCUT2D eigenvalue weighted by Gasteiger charge is -2.26. The number of esters is 1. The molecule has 0 N–H and O–H groups in total. The lowest BCUT2D eigenvalue weighted by molar-refractivity contribution is 0.0276. The summed E-state index contributed by atoms with van der Waals surface area (Å²) in [4.78, 5) is 26.7. The van der Waals surface area contributed by atoms with E-state index in [1.165, 1.54) is 30.7 Å². The quantitative estimate of drug-likeness (QED) is 0.309. The molecular formula is C27H27NO8S. The molecule has 9 nitrogen and oxygen atoms in total. The molecule has 0 bridgehead atoms. The fourth-order valence-corrected chi connectivity index (χ4v) is 5.45. The largest absolute Gasteiger partial charge is 0.493 e. The summed E-state index contributed by atoms with van der Waals surface area (Å²) in [7, 11) is -1.31. The van der Waals surface area contributed by atoms with Crippen molar-refractivity contribution in [1.29, 1.82) is 0 Å². The minimum Gasteiger partial charge on any atom is -0.493 e. The van der Waals surface area contributed by atoms with Crippen molar-refractivity contribution in [1.82, 2.24) is 4.31 Å². The van der Waals surface area contributed by atoms with Crippen LogP contribution in [0.2, 0.25) is 0 Å². The second kappa shape index (κ2) is 11.5. The maximum absolute atomic E-state index is 13.5. The van der Waals surface area contributed by atoms with Gasteiger partial charge in [0.15, 0.2) is 17.6 Å². The van der Waals surface area contributed by atoms with Crippen LogP contribution in [0.3, 0.4) is 0 Å². The molecule has 0 spiro atoms. The highest BCUT2D eigenvalue weighted by Gasteiger charge is 2.33. The minimum atomic E-state index is -3.97. The van der Waals surface area contributed by atoms with Crippen LogP contribution in [-0.4, -0.2) is 65.0 Å². The first-order valence-corrected chi connectivity index (χ1v) is 13.0. The number of ether oxygens (including phenoxy) is 4. The van der Waals surface area contributed by atoms with Gasteiger partial charge in [-0.15, -0.1) is 0 Å². The highest BCUT2D eigenvalue weighted by Crippen LogP contribution is 2.37. The second-order valence-electron chi connectivity index (χ2n) is 8.15. The summed E-state index contributed by atoms with van der Waals surface area (Å²) in [5, 5.41) is 0. The Morgan fingerprint density at radius 1 is 0.892 bits per heavy atom. The number of methoxy groups -OCH3 is 2. The summed E-state index contributed by atoms with van der Waals surface area (Å²) >= 11 is 0. The van der Waals surface area contributed by atoms with Crippen molar-refractivity contribution in [3.63, 3.8) is 0 Å². The van der Waals surface area contributed by atoms with Crippen LogP contribution < -0.4 is 9.47 Å². The Bertz CT molecular complexity index is 1350. The van der Waals surface area contributed by atoms with Gasteiger partial charge < -0.3 is 18.9 Å². The van der Waals surface area contributed by atoms with Crippen LogP contribution in [0.4, 0.5) is 0 Å². The molecule has 0 amide bonds. The lowest BCUT2D eigenvalue weighted by atomic mass is 9.99. The van der Waals surface area contributed by atoms with E-state index >= 15 is 0 Å². The lowest BCUT2D eigenvalue weighted by Crippen LogP contribution is -2.40. The van der Waals surface area contributed by atoms with Gasteiger partial charge in [-0.25, -0.2) is 13.2 Å². The summed E-state index contributed by atoms with van der Waals surface area (Å²) in [5.41, 5.74) is 0.639. The topological polar surface area (TPSA) is 108 Å². The van der Waals surface area contributed by atoms with E-state index in [-0.39, 0.29) is 48.3 Å². The number of carbonyl (C=O) groups is 2. The predicted octanol–water partition coefficient (Wildman–Crippen LogP) is 3.51. The highest BCUT2D eigenvalue weighted by atomic mass is 32.2. The van der Waals surface area contributed by atoms with Gasteiger partial charge in [-0.2, -0.15) is 4.31 Å². The molecule has 1 fully saturated rings. The average Bonchev–Trinajstić information content (AvgIpc) is 2.96. The molecule has 1 heterocycles. The molecule has 10 heteroatoms. The maximum atomic E-state index is 13.5. The summed E-state index contributed by atoms with van der Waals surface area (Å²) in [6, 6.07) is 19.5. The molecule has 1 atom stereocenters. The van der Waals surface area contributed by atoms with Gasteiger partial charge in [-0.05, 0) is 6.07 Å². The summed E-state index contributed by atoms with van der Waals surface area (Å²) in [6.45, 7) is 0.889. The van der Waals surface area contributed by atoms with Crippen LogP contribution in [0.1, 0.15) is 32.4 Å². The first-order valence-electron chi connectivity index (χ1n) is 11.6. The third-order valence-electron chi connectivity index (χ3n) is 5.90. The monoisotopic (exact) mass is 525 g/mol. The smallest absolute Gasteiger partial charge is 0.343 e. The summed E-state index contributed by atoms with van der Waals surface area (Å²) in [5.74, 6) is -1.34. The first-order chi connectivity index (χ1) is 17.9. The third kappa shape index (κ3) is 5.66. The van der Waals surface area contributed by atoms with Crippen LogP contribution in [0.15, 0.2) is 77.7 Å². The van der Waals surface area contributed by atoms with Crippen molar-refractivity contribution in [2.75, 3.05) is 40.5 Å². The van der Waals surface area contributed by atoms with Crippen molar-refractivity contribution in [2.24, 2.45) is 0 Å². The van der Waals surface area contributed by atoms with Crippen LogP contribution in [0.5, 0.6) is 11.5 Å². The number of rotatable bonds is 9. The van der Waals surface area contributed by atoms with Gasteiger partial charge in [-0.1, -0.05) is 60.7 Å². The molecular weight excluding hydrogens is 498 g/mol. The highest BCUT2D eigenvalue weighted by molar-refractivity contribution is 7.89. The van der Waals surface area contributed by atoms with E-state index in [0.29, 0.717) is 11.1 Å². The fourth-order valence-electron chi connectivity index (χ4n) is 4.00. The van der Waals surface area contributed by atoms with Crippen molar-refractivity contribution in [3.05, 3.63) is 89.5 Å². The maximum Gasteiger partial charge on any atom is 0.343 e. The molecule has 0 saturated carbocycles. The standard InChI is InChI=1S/C27H27NO8S/c1-33-23-18-21(37(31,32)28-13-15-35-16-14-28)17-22(26(23)34-2)27(30)36-25(20-11-7-4-8-12-20)24(29)19-9-5-3-6-10-19/h3-12,17-18,25H,13-16H2,1-2H3. The third-order valence-corrected chi connectivity index (χ3v) is 7.78. The number of benzene rings is 3. The number of ketones is 1. The van der Waals surface area contributed by atoms with Gasteiger partial charge in [0.25, 0.3) is 0 Å². The Balaban J connectivity index is 1.75. The van der Waals surface area contributed by atoms with Crippen molar-refractivity contribution in [2.45, 2.75) is 11.0 Å². The van der Waals surface area contributed by atoms with Gasteiger partial charge in [-0.3, -0.25) is 4.79 Å². The molecule has 1 saturated heterocycles. The Morgan fingerprint density at radius 3 is 2.11 bits per heavy atom. The van der Waals surface area contributed by atoms with E-state index in [0.717, 1.165) is 0 Å². The van der Waals surface area contributed by atoms with Crippen LogP contribution in [0.25, 0.3) is 0 Å².